The Balaban J connectivity index is 2.71. The molecule has 0 radical (unpaired) electrons. The maximum absolute atomic E-state index is 9.56. The van der Waals surface area contributed by atoms with Gasteiger partial charge in [0.25, 0.3) is 0 Å². The lowest BCUT2D eigenvalue weighted by Crippen LogP contribution is -2.39. The minimum atomic E-state index is -0.637. The first-order chi connectivity index (χ1) is 5.00. The van der Waals surface area contributed by atoms with Gasteiger partial charge in [0.1, 0.15) is 6.10 Å². The average Bonchev–Trinajstić information content (AvgIpc) is 2.14. The number of hydrogen-bond acceptors (Lipinski definition) is 3. The fourth-order valence-electron chi connectivity index (χ4n) is 1.22. The maximum atomic E-state index is 9.56. The second-order valence-electron chi connectivity index (χ2n) is 3.10. The van der Waals surface area contributed by atoms with Crippen LogP contribution in [0.3, 0.4) is 0 Å². The van der Waals surface area contributed by atoms with Crippen molar-refractivity contribution in [1.82, 2.24) is 0 Å². The highest BCUT2D eigenvalue weighted by molar-refractivity contribution is 9.10. The van der Waals surface area contributed by atoms with E-state index in [0.717, 1.165) is 0 Å². The molecule has 3 nitrogen and oxygen atoms in total. The van der Waals surface area contributed by atoms with E-state index in [1.54, 1.807) is 0 Å². The highest BCUT2D eigenvalue weighted by Crippen LogP contribution is 2.37. The highest BCUT2D eigenvalue weighted by atomic mass is 79.9. The van der Waals surface area contributed by atoms with E-state index in [-0.39, 0.29) is 12.7 Å². The van der Waals surface area contributed by atoms with E-state index in [2.05, 4.69) is 15.9 Å². The molecule has 1 fully saturated rings. The van der Waals surface area contributed by atoms with Crippen molar-refractivity contribution in [3.8, 4) is 0 Å². The number of aliphatic hydroxyl groups excluding tert-OH is 2. The van der Waals surface area contributed by atoms with Crippen molar-refractivity contribution in [2.75, 3.05) is 6.61 Å². The van der Waals surface area contributed by atoms with E-state index < -0.39 is 16.5 Å². The summed E-state index contributed by atoms with van der Waals surface area (Å²) in [5.74, 6) is 0. The molecule has 0 saturated carbocycles. The molecule has 0 aromatic rings. The van der Waals surface area contributed by atoms with Gasteiger partial charge in [0.15, 0.2) is 0 Å². The monoisotopic (exact) mass is 224 g/mol. The van der Waals surface area contributed by atoms with Crippen molar-refractivity contribution in [2.45, 2.75) is 36.5 Å². The Bertz CT molecular complexity index is 149. The number of ether oxygens (including phenoxy) is 1. The summed E-state index contributed by atoms with van der Waals surface area (Å²) in [5, 5.41) is 18.3. The number of halogens is 1. The molecule has 1 aliphatic rings. The van der Waals surface area contributed by atoms with Gasteiger partial charge in [-0.15, -0.1) is 0 Å². The molecule has 1 rings (SSSR count). The molecule has 66 valence electrons. The van der Waals surface area contributed by atoms with Crippen LogP contribution in [0.5, 0.6) is 0 Å². The van der Waals surface area contributed by atoms with Crippen LogP contribution in [0.4, 0.5) is 0 Å². The fourth-order valence-corrected chi connectivity index (χ4v) is 1.62. The molecule has 1 saturated heterocycles. The third-order valence-electron chi connectivity index (χ3n) is 2.28. The zero-order valence-electron chi connectivity index (χ0n) is 6.62. The lowest BCUT2D eigenvalue weighted by molar-refractivity contribution is -0.0170. The summed E-state index contributed by atoms with van der Waals surface area (Å²) in [6.07, 6.45) is -1.16. The molecule has 0 aromatic heterocycles. The zero-order valence-corrected chi connectivity index (χ0v) is 8.21. The topological polar surface area (TPSA) is 49.7 Å². The third-order valence-corrected chi connectivity index (χ3v) is 3.40. The van der Waals surface area contributed by atoms with Crippen LogP contribution in [0.1, 0.15) is 13.8 Å². The van der Waals surface area contributed by atoms with Gasteiger partial charge < -0.3 is 14.9 Å². The molecule has 0 aliphatic carbocycles. The molecule has 4 atom stereocenters. The second kappa shape index (κ2) is 3.01. The highest BCUT2D eigenvalue weighted by Gasteiger charge is 2.48. The van der Waals surface area contributed by atoms with Crippen LogP contribution in [-0.2, 0) is 4.74 Å². The summed E-state index contributed by atoms with van der Waals surface area (Å²) >= 11 is 3.37. The predicted molar refractivity (Wildman–Crippen MR) is 44.8 cm³/mol. The second-order valence-corrected chi connectivity index (χ2v) is 4.80. The van der Waals surface area contributed by atoms with Gasteiger partial charge in [-0.25, -0.2) is 0 Å². The molecule has 0 spiro atoms. The summed E-state index contributed by atoms with van der Waals surface area (Å²) in [7, 11) is 0. The summed E-state index contributed by atoms with van der Waals surface area (Å²) in [4.78, 5) is 0. The van der Waals surface area contributed by atoms with Crippen molar-refractivity contribution >= 4 is 15.9 Å². The normalized spacial score (nSPS) is 51.5. The van der Waals surface area contributed by atoms with Crippen LogP contribution in [0, 0.1) is 0 Å². The largest absolute Gasteiger partial charge is 0.394 e. The van der Waals surface area contributed by atoms with E-state index in [1.165, 1.54) is 0 Å². The molecule has 1 heterocycles. The Kier molecular flexibility index (Phi) is 2.59. The van der Waals surface area contributed by atoms with E-state index >= 15 is 0 Å². The first-order valence-corrected chi connectivity index (χ1v) is 4.42. The van der Waals surface area contributed by atoms with Crippen LogP contribution >= 0.6 is 15.9 Å². The minimum Gasteiger partial charge on any atom is -0.394 e. The smallest absolute Gasteiger partial charge is 0.108 e. The quantitative estimate of drug-likeness (QED) is 0.630. The van der Waals surface area contributed by atoms with Gasteiger partial charge in [-0.05, 0) is 13.8 Å². The summed E-state index contributed by atoms with van der Waals surface area (Å²) < 4.78 is 4.86. The van der Waals surface area contributed by atoms with Crippen molar-refractivity contribution < 1.29 is 14.9 Å². The summed E-state index contributed by atoms with van der Waals surface area (Å²) in [6, 6.07) is 0. The van der Waals surface area contributed by atoms with Crippen molar-refractivity contribution in [1.29, 1.82) is 0 Å². The standard InChI is InChI=1S/C7H13BrO3/c1-4-7(2,8)6(10)5(3-9)11-4/h4-6,9-10H,3H2,1-2H3/t4-,5?,6?,7-/m0/s1. The summed E-state index contributed by atoms with van der Waals surface area (Å²) in [5.41, 5.74) is 0. The van der Waals surface area contributed by atoms with Crippen molar-refractivity contribution in [2.24, 2.45) is 0 Å². The Morgan fingerprint density at radius 2 is 2.18 bits per heavy atom. The Morgan fingerprint density at radius 3 is 2.36 bits per heavy atom. The molecule has 0 amide bonds. The molecular weight excluding hydrogens is 212 g/mol. The molecule has 11 heavy (non-hydrogen) atoms. The van der Waals surface area contributed by atoms with Gasteiger partial charge in [-0.3, -0.25) is 0 Å². The SMILES string of the molecule is C[C@@H]1OC(CO)C(O)[C@@]1(C)Br. The molecule has 0 bridgehead atoms. The van der Waals surface area contributed by atoms with Crippen LogP contribution in [0.15, 0.2) is 0 Å². The van der Waals surface area contributed by atoms with Crippen LogP contribution in [0.25, 0.3) is 0 Å². The fraction of sp³-hybridized carbons (Fsp3) is 1.00. The summed E-state index contributed by atoms with van der Waals surface area (Å²) in [6.45, 7) is 3.60. The van der Waals surface area contributed by atoms with E-state index in [1.807, 2.05) is 13.8 Å². The number of rotatable bonds is 1. The van der Waals surface area contributed by atoms with E-state index in [0.29, 0.717) is 0 Å². The first-order valence-electron chi connectivity index (χ1n) is 3.63. The van der Waals surface area contributed by atoms with Gasteiger partial charge in [0, 0.05) is 0 Å². The lowest BCUT2D eigenvalue weighted by Gasteiger charge is -2.22. The van der Waals surface area contributed by atoms with Gasteiger partial charge in [0.05, 0.1) is 23.1 Å². The number of alkyl halides is 1. The van der Waals surface area contributed by atoms with E-state index in [9.17, 15) is 5.11 Å². The molecular formula is C7H13BrO3. The zero-order chi connectivity index (χ0) is 8.65. The Hall–Kier alpha value is 0.360. The van der Waals surface area contributed by atoms with E-state index in [4.69, 9.17) is 9.84 Å². The maximum Gasteiger partial charge on any atom is 0.108 e. The Labute approximate surface area is 74.5 Å². The Morgan fingerprint density at radius 1 is 1.64 bits per heavy atom. The lowest BCUT2D eigenvalue weighted by atomic mass is 9.99. The molecule has 2 unspecified atom stereocenters. The van der Waals surface area contributed by atoms with Crippen LogP contribution < -0.4 is 0 Å². The number of aliphatic hydroxyl groups is 2. The van der Waals surface area contributed by atoms with Gasteiger partial charge in [-0.2, -0.15) is 0 Å². The van der Waals surface area contributed by atoms with Crippen LogP contribution in [-0.4, -0.2) is 39.5 Å². The molecule has 2 N–H and O–H groups in total. The molecule has 0 aromatic carbocycles. The van der Waals surface area contributed by atoms with Gasteiger partial charge in [-0.1, -0.05) is 15.9 Å². The van der Waals surface area contributed by atoms with Crippen molar-refractivity contribution in [3.63, 3.8) is 0 Å². The molecule has 4 heteroatoms. The van der Waals surface area contributed by atoms with Crippen molar-refractivity contribution in [3.05, 3.63) is 0 Å². The first kappa shape index (κ1) is 9.45. The number of hydrogen-bond donors (Lipinski definition) is 2. The van der Waals surface area contributed by atoms with Crippen LogP contribution in [0.2, 0.25) is 0 Å². The third kappa shape index (κ3) is 1.45. The van der Waals surface area contributed by atoms with Gasteiger partial charge >= 0.3 is 0 Å². The minimum absolute atomic E-state index is 0.0744. The average molecular weight is 225 g/mol. The van der Waals surface area contributed by atoms with Gasteiger partial charge in [0.2, 0.25) is 0 Å². The molecule has 1 aliphatic heterocycles. The predicted octanol–water partition coefficient (Wildman–Crippen LogP) is 0.281.